The number of ether oxygens (including phenoxy) is 2. The van der Waals surface area contributed by atoms with Crippen LogP contribution in [0.1, 0.15) is 34.8 Å². The van der Waals surface area contributed by atoms with Gasteiger partial charge in [0.2, 0.25) is 5.90 Å². The Morgan fingerprint density at radius 2 is 1.47 bits per heavy atom. The Morgan fingerprint density at radius 3 is 2.24 bits per heavy atom. The summed E-state index contributed by atoms with van der Waals surface area (Å²) in [5.41, 5.74) is 10.6. The molecule has 0 radical (unpaired) electrons. The van der Waals surface area contributed by atoms with Gasteiger partial charge in [-0.3, -0.25) is 10.2 Å². The normalized spacial score (nSPS) is 16.7. The lowest BCUT2D eigenvalue weighted by Gasteiger charge is -2.31. The van der Waals surface area contributed by atoms with Gasteiger partial charge in [0.15, 0.2) is 11.6 Å². The number of fused-ring (bicyclic) bond motifs is 1. The largest absolute Gasteiger partial charge is 0.494 e. The molecule has 8 heteroatoms. The van der Waals surface area contributed by atoms with E-state index < -0.39 is 11.6 Å². The van der Waals surface area contributed by atoms with Crippen LogP contribution in [0.25, 0.3) is 21.9 Å². The van der Waals surface area contributed by atoms with Gasteiger partial charge in [0.25, 0.3) is 5.91 Å². The van der Waals surface area contributed by atoms with Crippen molar-refractivity contribution in [1.29, 1.82) is 0 Å². The summed E-state index contributed by atoms with van der Waals surface area (Å²) in [5, 5.41) is 11.4. The van der Waals surface area contributed by atoms with E-state index in [0.29, 0.717) is 37.6 Å². The molecule has 0 saturated carbocycles. The van der Waals surface area contributed by atoms with E-state index in [4.69, 9.17) is 19.6 Å². The Balaban J connectivity index is 1.25. The van der Waals surface area contributed by atoms with Gasteiger partial charge in [-0.15, -0.1) is 0 Å². The van der Waals surface area contributed by atoms with Crippen LogP contribution in [0.2, 0.25) is 0 Å². The SMILES string of the molecule is O=C(NNCc1cccc2ccccc12)[C@@]1(Cc2ccc(Br)cc2)N=C(c2ccc(OCCCO)cc2)O[C@H]1c1ccc(-c2ccccc2)cc1. The number of hydrogen-bond donors (Lipinski definition) is 3. The lowest BCUT2D eigenvalue weighted by molar-refractivity contribution is -0.130. The smallest absolute Gasteiger partial charge is 0.266 e. The summed E-state index contributed by atoms with van der Waals surface area (Å²) in [4.78, 5) is 19.9. The zero-order chi connectivity index (χ0) is 35.0. The van der Waals surface area contributed by atoms with E-state index >= 15 is 0 Å². The molecule has 0 aromatic heterocycles. The van der Waals surface area contributed by atoms with Gasteiger partial charge < -0.3 is 14.6 Å². The van der Waals surface area contributed by atoms with E-state index in [1.807, 2.05) is 97.1 Å². The Bertz CT molecular complexity index is 2120. The molecule has 256 valence electrons. The third-order valence-corrected chi connectivity index (χ3v) is 9.63. The number of rotatable bonds is 13. The molecule has 1 amide bonds. The first-order chi connectivity index (χ1) is 25.0. The van der Waals surface area contributed by atoms with E-state index in [2.05, 4.69) is 75.3 Å². The molecule has 1 aliphatic rings. The molecule has 0 saturated heterocycles. The number of benzene rings is 6. The number of hydrogen-bond acceptors (Lipinski definition) is 6. The van der Waals surface area contributed by atoms with E-state index in [0.717, 1.165) is 48.6 Å². The van der Waals surface area contributed by atoms with Crippen LogP contribution in [0.4, 0.5) is 0 Å². The fraction of sp³-hybridized carbons (Fsp3) is 0.163. The van der Waals surface area contributed by atoms with Crippen LogP contribution in [0.15, 0.2) is 155 Å². The van der Waals surface area contributed by atoms with Gasteiger partial charge in [0.05, 0.1) is 6.61 Å². The average Bonchev–Trinajstić information content (AvgIpc) is 3.57. The third kappa shape index (κ3) is 7.73. The fourth-order valence-corrected chi connectivity index (χ4v) is 6.72. The van der Waals surface area contributed by atoms with Crippen LogP contribution in [-0.2, 0) is 22.5 Å². The van der Waals surface area contributed by atoms with Crippen molar-refractivity contribution in [3.05, 3.63) is 172 Å². The standard InChI is InChI=1S/C43H38BrN3O4/c44-37-22-14-30(15-23-37)28-43(42(49)47-45-29-36-12-6-11-33-10-4-5-13-39(33)36)40(34-18-16-32(17-19-34)31-8-2-1-3-9-31)51-41(46-43)35-20-24-38(25-21-35)50-27-7-26-48/h1-6,8-25,40,45,48H,7,26-29H2,(H,47,49)/t40-,43-/m0/s1. The van der Waals surface area contributed by atoms with Gasteiger partial charge >= 0.3 is 0 Å². The summed E-state index contributed by atoms with van der Waals surface area (Å²) >= 11 is 3.55. The molecule has 0 bridgehead atoms. The van der Waals surface area contributed by atoms with Gasteiger partial charge in [-0.1, -0.05) is 125 Å². The maximum absolute atomic E-state index is 14.7. The second-order valence-corrected chi connectivity index (χ2v) is 13.4. The van der Waals surface area contributed by atoms with Crippen molar-refractivity contribution in [1.82, 2.24) is 10.9 Å². The minimum Gasteiger partial charge on any atom is -0.494 e. The topological polar surface area (TPSA) is 92.2 Å². The molecule has 3 N–H and O–H groups in total. The van der Waals surface area contributed by atoms with Crippen molar-refractivity contribution >= 4 is 38.5 Å². The number of nitrogens with zero attached hydrogens (tertiary/aromatic N) is 1. The Labute approximate surface area is 306 Å². The first-order valence-electron chi connectivity index (χ1n) is 17.0. The molecular formula is C43H38BrN3O4. The van der Waals surface area contributed by atoms with Crippen molar-refractivity contribution in [2.75, 3.05) is 13.2 Å². The number of aliphatic hydroxyl groups excluding tert-OH is 1. The highest BCUT2D eigenvalue weighted by Gasteiger charge is 2.53. The average molecular weight is 741 g/mol. The van der Waals surface area contributed by atoms with Crippen LogP contribution in [-0.4, -0.2) is 35.7 Å². The molecule has 0 fully saturated rings. The van der Waals surface area contributed by atoms with Crippen molar-refractivity contribution < 1.29 is 19.4 Å². The molecule has 7 nitrogen and oxygen atoms in total. The molecule has 7 rings (SSSR count). The van der Waals surface area contributed by atoms with E-state index in [-0.39, 0.29) is 12.5 Å². The zero-order valence-corrected chi connectivity index (χ0v) is 29.6. The molecular weight excluding hydrogens is 702 g/mol. The first kappa shape index (κ1) is 34.2. The van der Waals surface area contributed by atoms with Gasteiger partial charge in [-0.25, -0.2) is 10.4 Å². The number of nitrogens with one attached hydrogen (secondary N) is 2. The van der Waals surface area contributed by atoms with E-state index in [1.54, 1.807) is 0 Å². The molecule has 1 heterocycles. The predicted molar refractivity (Wildman–Crippen MR) is 205 cm³/mol. The number of hydrazine groups is 1. The lowest BCUT2D eigenvalue weighted by atomic mass is 9.82. The summed E-state index contributed by atoms with van der Waals surface area (Å²) in [7, 11) is 0. The Hall–Kier alpha value is -5.28. The van der Waals surface area contributed by atoms with Crippen molar-refractivity contribution in [2.45, 2.75) is 31.0 Å². The molecule has 6 aromatic rings. The second kappa shape index (κ2) is 15.7. The third-order valence-electron chi connectivity index (χ3n) is 9.10. The molecule has 0 spiro atoms. The number of halogens is 1. The monoisotopic (exact) mass is 739 g/mol. The van der Waals surface area contributed by atoms with Crippen LogP contribution in [0.3, 0.4) is 0 Å². The number of aliphatic imine (C=N–C) groups is 1. The Morgan fingerprint density at radius 1 is 0.784 bits per heavy atom. The number of carbonyl (C=O) groups excluding carboxylic acids is 1. The van der Waals surface area contributed by atoms with Crippen molar-refractivity contribution in [3.63, 3.8) is 0 Å². The van der Waals surface area contributed by atoms with Crippen molar-refractivity contribution in [3.8, 4) is 16.9 Å². The quantitative estimate of drug-likeness (QED) is 0.0819. The predicted octanol–water partition coefficient (Wildman–Crippen LogP) is 8.35. The maximum Gasteiger partial charge on any atom is 0.266 e. The fourth-order valence-electron chi connectivity index (χ4n) is 6.45. The minimum absolute atomic E-state index is 0.0652. The summed E-state index contributed by atoms with van der Waals surface area (Å²) in [6.07, 6.45) is 0.101. The number of amides is 1. The highest BCUT2D eigenvalue weighted by molar-refractivity contribution is 9.10. The highest BCUT2D eigenvalue weighted by Crippen LogP contribution is 2.43. The Kier molecular flexibility index (Phi) is 10.5. The number of carbonyl (C=O) groups is 1. The first-order valence-corrected chi connectivity index (χ1v) is 17.8. The minimum atomic E-state index is -1.36. The summed E-state index contributed by atoms with van der Waals surface area (Å²) < 4.78 is 13.5. The molecule has 6 aromatic carbocycles. The molecule has 0 aliphatic carbocycles. The van der Waals surface area contributed by atoms with Gasteiger partial charge in [0.1, 0.15) is 5.75 Å². The van der Waals surface area contributed by atoms with Crippen molar-refractivity contribution in [2.24, 2.45) is 4.99 Å². The summed E-state index contributed by atoms with van der Waals surface area (Å²) in [5.74, 6) is 0.743. The summed E-state index contributed by atoms with van der Waals surface area (Å²) in [6.45, 7) is 0.902. The molecule has 0 unspecified atom stereocenters. The van der Waals surface area contributed by atoms with Gasteiger partial charge in [0, 0.05) is 36.0 Å². The van der Waals surface area contributed by atoms with Gasteiger partial charge in [-0.05, 0) is 75.0 Å². The molecule has 2 atom stereocenters. The van der Waals surface area contributed by atoms with Crippen LogP contribution in [0.5, 0.6) is 5.75 Å². The maximum atomic E-state index is 14.7. The van der Waals surface area contributed by atoms with Gasteiger partial charge in [-0.2, -0.15) is 0 Å². The number of aliphatic hydroxyl groups is 1. The lowest BCUT2D eigenvalue weighted by Crippen LogP contribution is -2.53. The van der Waals surface area contributed by atoms with Crippen LogP contribution in [0, 0.1) is 0 Å². The molecule has 1 aliphatic heterocycles. The highest BCUT2D eigenvalue weighted by atomic mass is 79.9. The zero-order valence-electron chi connectivity index (χ0n) is 28.0. The second-order valence-electron chi connectivity index (χ2n) is 12.5. The van der Waals surface area contributed by atoms with Crippen LogP contribution < -0.4 is 15.6 Å². The summed E-state index contributed by atoms with van der Waals surface area (Å²) in [6, 6.07) is 48.2. The van der Waals surface area contributed by atoms with E-state index in [1.165, 1.54) is 0 Å². The van der Waals surface area contributed by atoms with Crippen LogP contribution >= 0.6 is 15.9 Å². The molecule has 51 heavy (non-hydrogen) atoms. The van der Waals surface area contributed by atoms with E-state index in [9.17, 15) is 4.79 Å².